The standard InChI is InChI=1S/C52H47NO/c1-2-34-29-33-13-11-14-35(30-33)52(34)45-19-7-4-17-40(45)50-46(52)20-12-21-47(50)53(37-24-26-49-42(32-37)39-16-5-8-22-48(39)54-49)36-23-25-44-41(31-36)38-15-3-6-18-43(38)51(44)27-9-10-28-51/h3-8,12,15-26,31-35H,2,9-11,13-14,27-30H2,1H3. The molecule has 5 aliphatic rings. The van der Waals surface area contributed by atoms with Crippen LogP contribution in [0.15, 0.2) is 132 Å². The number of hydrogen-bond donors (Lipinski definition) is 0. The first-order valence-electron chi connectivity index (χ1n) is 20.9. The van der Waals surface area contributed by atoms with Crippen molar-refractivity contribution in [3.63, 3.8) is 0 Å². The molecule has 0 aliphatic heterocycles. The summed E-state index contributed by atoms with van der Waals surface area (Å²) in [6.07, 6.45) is 13.2. The van der Waals surface area contributed by atoms with E-state index in [0.29, 0.717) is 11.8 Å². The van der Waals surface area contributed by atoms with Gasteiger partial charge in [-0.05, 0) is 131 Å². The van der Waals surface area contributed by atoms with Crippen LogP contribution in [0.4, 0.5) is 17.1 Å². The first kappa shape index (κ1) is 31.3. The van der Waals surface area contributed by atoms with Crippen molar-refractivity contribution >= 4 is 39.0 Å². The summed E-state index contributed by atoms with van der Waals surface area (Å²) in [7, 11) is 0. The van der Waals surface area contributed by atoms with E-state index in [9.17, 15) is 0 Å². The minimum atomic E-state index is 0.0652. The zero-order valence-electron chi connectivity index (χ0n) is 31.3. The molecular formula is C52H47NO. The lowest BCUT2D eigenvalue weighted by Crippen LogP contribution is -2.48. The Labute approximate surface area is 318 Å². The third-order valence-electron chi connectivity index (χ3n) is 15.1. The molecular weight excluding hydrogens is 655 g/mol. The van der Waals surface area contributed by atoms with Gasteiger partial charge in [-0.2, -0.15) is 0 Å². The number of anilines is 3. The maximum Gasteiger partial charge on any atom is 0.135 e. The molecule has 4 atom stereocenters. The number of rotatable bonds is 4. The van der Waals surface area contributed by atoms with Crippen molar-refractivity contribution in [3.8, 4) is 22.3 Å². The number of fused-ring (bicyclic) bond motifs is 16. The maximum absolute atomic E-state index is 6.39. The highest BCUT2D eigenvalue weighted by molar-refractivity contribution is 6.07. The summed E-state index contributed by atoms with van der Waals surface area (Å²) < 4.78 is 6.39. The van der Waals surface area contributed by atoms with Gasteiger partial charge in [0.05, 0.1) is 5.69 Å². The molecule has 0 amide bonds. The van der Waals surface area contributed by atoms with Crippen molar-refractivity contribution in [1.29, 1.82) is 0 Å². The number of nitrogens with zero attached hydrogens (tertiary/aromatic N) is 1. The quantitative estimate of drug-likeness (QED) is 0.182. The van der Waals surface area contributed by atoms with Gasteiger partial charge in [-0.15, -0.1) is 0 Å². The van der Waals surface area contributed by atoms with Crippen molar-refractivity contribution in [3.05, 3.63) is 150 Å². The van der Waals surface area contributed by atoms with Crippen molar-refractivity contribution in [2.24, 2.45) is 17.8 Å². The van der Waals surface area contributed by atoms with Crippen molar-refractivity contribution in [1.82, 2.24) is 0 Å². The fraction of sp³-hybridized carbons (Fsp3) is 0.308. The monoisotopic (exact) mass is 701 g/mol. The molecule has 7 aromatic rings. The van der Waals surface area contributed by atoms with Crippen LogP contribution in [0.2, 0.25) is 0 Å². The minimum absolute atomic E-state index is 0.0652. The van der Waals surface area contributed by atoms with E-state index < -0.39 is 0 Å². The van der Waals surface area contributed by atoms with Crippen LogP contribution in [0.5, 0.6) is 0 Å². The SMILES string of the molecule is CCC1CC2CCCC(C2)C12c1ccccc1-c1c(N(c3ccc4c(c3)-c3ccccc3C43CCCC3)c3ccc4oc5ccccc5c4c3)cccc12. The second-order valence-corrected chi connectivity index (χ2v) is 17.4. The van der Waals surface area contributed by atoms with Crippen molar-refractivity contribution in [2.45, 2.75) is 82.0 Å². The van der Waals surface area contributed by atoms with Crippen LogP contribution in [0.25, 0.3) is 44.2 Å². The molecule has 2 nitrogen and oxygen atoms in total. The van der Waals surface area contributed by atoms with Gasteiger partial charge in [-0.3, -0.25) is 0 Å². The molecule has 6 aromatic carbocycles. The van der Waals surface area contributed by atoms with E-state index in [1.807, 2.05) is 0 Å². The fourth-order valence-electron chi connectivity index (χ4n) is 13.2. The third kappa shape index (κ3) is 4.02. The molecule has 1 heterocycles. The van der Waals surface area contributed by atoms with Crippen LogP contribution in [0.1, 0.15) is 93.4 Å². The van der Waals surface area contributed by atoms with E-state index in [1.54, 1.807) is 11.1 Å². The molecule has 1 aromatic heterocycles. The predicted octanol–water partition coefficient (Wildman–Crippen LogP) is 14.4. The highest BCUT2D eigenvalue weighted by atomic mass is 16.3. The van der Waals surface area contributed by atoms with E-state index in [2.05, 4.69) is 139 Å². The van der Waals surface area contributed by atoms with E-state index in [-0.39, 0.29) is 10.8 Å². The van der Waals surface area contributed by atoms with Crippen LogP contribution in [-0.2, 0) is 10.8 Å². The minimum Gasteiger partial charge on any atom is -0.456 e. The average molecular weight is 702 g/mol. The van der Waals surface area contributed by atoms with E-state index in [0.717, 1.165) is 17.1 Å². The molecule has 2 spiro atoms. The Hall–Kier alpha value is -5.08. The van der Waals surface area contributed by atoms with Gasteiger partial charge in [0.1, 0.15) is 11.2 Å². The molecule has 0 saturated heterocycles. The summed E-state index contributed by atoms with van der Waals surface area (Å²) >= 11 is 0. The Morgan fingerprint density at radius 2 is 1.31 bits per heavy atom. The molecule has 3 fully saturated rings. The molecule has 0 radical (unpaired) electrons. The van der Waals surface area contributed by atoms with Crippen LogP contribution >= 0.6 is 0 Å². The zero-order valence-corrected chi connectivity index (χ0v) is 31.3. The zero-order chi connectivity index (χ0) is 35.6. The Kier molecular flexibility index (Phi) is 6.64. The van der Waals surface area contributed by atoms with Crippen molar-refractivity contribution in [2.75, 3.05) is 4.90 Å². The molecule has 4 unspecified atom stereocenters. The molecule has 2 bridgehead atoms. The van der Waals surface area contributed by atoms with Gasteiger partial charge in [0.25, 0.3) is 0 Å². The third-order valence-corrected chi connectivity index (χ3v) is 15.1. The topological polar surface area (TPSA) is 16.4 Å². The number of para-hydroxylation sites is 1. The fourth-order valence-corrected chi connectivity index (χ4v) is 13.2. The Morgan fingerprint density at radius 1 is 0.593 bits per heavy atom. The van der Waals surface area contributed by atoms with Gasteiger partial charge in [0, 0.05) is 38.5 Å². The van der Waals surface area contributed by atoms with Gasteiger partial charge in [0.15, 0.2) is 0 Å². The summed E-state index contributed by atoms with van der Waals surface area (Å²) in [4.78, 5) is 2.60. The molecule has 5 aliphatic carbocycles. The lowest BCUT2D eigenvalue weighted by molar-refractivity contribution is 0.0557. The van der Waals surface area contributed by atoms with Crippen LogP contribution < -0.4 is 4.90 Å². The predicted molar refractivity (Wildman–Crippen MR) is 223 cm³/mol. The van der Waals surface area contributed by atoms with Crippen molar-refractivity contribution < 1.29 is 4.42 Å². The first-order chi connectivity index (χ1) is 26.7. The van der Waals surface area contributed by atoms with Gasteiger partial charge in [0.2, 0.25) is 0 Å². The summed E-state index contributed by atoms with van der Waals surface area (Å²) in [5.74, 6) is 2.22. The van der Waals surface area contributed by atoms with E-state index >= 15 is 0 Å². The van der Waals surface area contributed by atoms with Crippen LogP contribution in [0.3, 0.4) is 0 Å². The maximum atomic E-state index is 6.39. The largest absolute Gasteiger partial charge is 0.456 e. The molecule has 12 rings (SSSR count). The van der Waals surface area contributed by atoms with Gasteiger partial charge in [-0.1, -0.05) is 124 Å². The highest BCUT2D eigenvalue weighted by Gasteiger charge is 2.57. The smallest absolute Gasteiger partial charge is 0.135 e. The Balaban J connectivity index is 1.13. The lowest BCUT2D eigenvalue weighted by Gasteiger charge is -2.54. The molecule has 3 saturated carbocycles. The van der Waals surface area contributed by atoms with Gasteiger partial charge in [-0.25, -0.2) is 0 Å². The summed E-state index contributed by atoms with van der Waals surface area (Å²) in [6.45, 7) is 2.47. The second-order valence-electron chi connectivity index (χ2n) is 17.4. The molecule has 0 N–H and O–H groups in total. The number of furan rings is 1. The molecule has 266 valence electrons. The highest BCUT2D eigenvalue weighted by Crippen LogP contribution is 2.66. The Morgan fingerprint density at radius 3 is 2.20 bits per heavy atom. The van der Waals surface area contributed by atoms with Crippen LogP contribution in [-0.4, -0.2) is 0 Å². The lowest BCUT2D eigenvalue weighted by atomic mass is 9.50. The molecule has 2 heteroatoms. The average Bonchev–Trinajstić information content (AvgIpc) is 3.99. The first-order valence-corrected chi connectivity index (χ1v) is 20.9. The summed E-state index contributed by atoms with van der Waals surface area (Å²) in [5.41, 5.74) is 17.8. The number of hydrogen-bond acceptors (Lipinski definition) is 2. The van der Waals surface area contributed by atoms with E-state index in [1.165, 1.54) is 125 Å². The van der Waals surface area contributed by atoms with E-state index in [4.69, 9.17) is 4.42 Å². The summed E-state index contributed by atoms with van der Waals surface area (Å²) in [5, 5.41) is 2.34. The Bertz CT molecular complexity index is 2630. The normalized spacial score (nSPS) is 24.2. The number of benzene rings is 6. The van der Waals surface area contributed by atoms with Gasteiger partial charge >= 0.3 is 0 Å². The second kappa shape index (κ2) is 11.5. The van der Waals surface area contributed by atoms with Gasteiger partial charge < -0.3 is 9.32 Å². The summed E-state index contributed by atoms with van der Waals surface area (Å²) in [6, 6.07) is 49.0. The van der Waals surface area contributed by atoms with Crippen LogP contribution in [0, 0.1) is 17.8 Å². The molecule has 54 heavy (non-hydrogen) atoms.